The number of hydrogen-bond donors (Lipinski definition) is 4. The molecule has 27 heavy (non-hydrogen) atoms. The Bertz CT molecular complexity index is 1020. The number of rotatable bonds is 1. The number of ether oxygens (including phenoxy) is 1. The molecule has 7 nitrogen and oxygen atoms in total. The molecule has 4 rings (SSSR count). The summed E-state index contributed by atoms with van der Waals surface area (Å²) in [5.74, 6) is -1.94. The van der Waals surface area contributed by atoms with Crippen LogP contribution in [0.1, 0.15) is 62.4 Å². The second-order valence-corrected chi connectivity index (χ2v) is 7.34. The van der Waals surface area contributed by atoms with Crippen molar-refractivity contribution in [3.05, 3.63) is 51.6 Å². The fourth-order valence-electron chi connectivity index (χ4n) is 4.07. The summed E-state index contributed by atoms with van der Waals surface area (Å²) in [5, 5.41) is 41.6. The van der Waals surface area contributed by atoms with Gasteiger partial charge in [-0.15, -0.1) is 0 Å². The Morgan fingerprint density at radius 1 is 1.07 bits per heavy atom. The molecule has 0 unspecified atom stereocenters. The van der Waals surface area contributed by atoms with Gasteiger partial charge in [0, 0.05) is 35.6 Å². The summed E-state index contributed by atoms with van der Waals surface area (Å²) >= 11 is 0. The van der Waals surface area contributed by atoms with Gasteiger partial charge in [0.1, 0.15) is 17.2 Å². The number of aliphatic hydroxyl groups excluding tert-OH is 1. The number of phenols is 2. The number of methoxy groups -OCH3 is 1. The molecule has 0 aliphatic heterocycles. The number of phenolic OH excluding ortho intramolecular Hbond substituents is 2. The summed E-state index contributed by atoms with van der Waals surface area (Å²) in [6.45, 7) is 1.56. The zero-order valence-corrected chi connectivity index (χ0v) is 14.7. The van der Waals surface area contributed by atoms with Crippen molar-refractivity contribution in [3.8, 4) is 17.2 Å². The molecule has 2 aromatic rings. The van der Waals surface area contributed by atoms with Crippen LogP contribution >= 0.6 is 0 Å². The monoisotopic (exact) mass is 370 g/mol. The highest BCUT2D eigenvalue weighted by Crippen LogP contribution is 2.46. The molecule has 0 fully saturated rings. The van der Waals surface area contributed by atoms with Crippen LogP contribution in [-0.2, 0) is 6.42 Å². The first kappa shape index (κ1) is 17.5. The van der Waals surface area contributed by atoms with E-state index in [-0.39, 0.29) is 46.4 Å². The van der Waals surface area contributed by atoms with Crippen molar-refractivity contribution < 1.29 is 34.8 Å². The van der Waals surface area contributed by atoms with Gasteiger partial charge in [0.15, 0.2) is 5.78 Å². The van der Waals surface area contributed by atoms with Gasteiger partial charge in [0.2, 0.25) is 5.78 Å². The number of carbonyl (C=O) groups excluding carboxylic acids is 2. The van der Waals surface area contributed by atoms with Gasteiger partial charge in [-0.3, -0.25) is 9.59 Å². The first-order chi connectivity index (χ1) is 12.6. The van der Waals surface area contributed by atoms with Gasteiger partial charge >= 0.3 is 0 Å². The molecule has 0 heterocycles. The summed E-state index contributed by atoms with van der Waals surface area (Å²) in [6.07, 6.45) is -1.06. The van der Waals surface area contributed by atoms with Crippen molar-refractivity contribution in [3.63, 3.8) is 0 Å². The first-order valence-electron chi connectivity index (χ1n) is 8.44. The lowest BCUT2D eigenvalue weighted by Gasteiger charge is -2.35. The van der Waals surface area contributed by atoms with Crippen molar-refractivity contribution >= 4 is 11.6 Å². The number of benzene rings is 2. The van der Waals surface area contributed by atoms with E-state index in [2.05, 4.69) is 0 Å². The molecule has 4 N–H and O–H groups in total. The standard InChI is InChI=1S/C20H18O7/c1-20(26)6-8-3-10-16(18(24)14(8)13(22)7-20)19(25)15-11(17(10)23)4-9(27-2)5-12(15)21/h3-5,13,21-22,24,26H,6-7H2,1-2H3/t13-,20-/m1/s1. The molecule has 2 aliphatic rings. The van der Waals surface area contributed by atoms with Gasteiger partial charge in [-0.2, -0.15) is 0 Å². The largest absolute Gasteiger partial charge is 0.507 e. The maximum Gasteiger partial charge on any atom is 0.201 e. The smallest absolute Gasteiger partial charge is 0.201 e. The van der Waals surface area contributed by atoms with Crippen LogP contribution in [0, 0.1) is 0 Å². The Balaban J connectivity index is 1.99. The van der Waals surface area contributed by atoms with Crippen LogP contribution in [0.4, 0.5) is 0 Å². The molecule has 2 aromatic carbocycles. The lowest BCUT2D eigenvalue weighted by Crippen LogP contribution is -2.35. The van der Waals surface area contributed by atoms with Crippen molar-refractivity contribution in [1.29, 1.82) is 0 Å². The minimum atomic E-state index is -1.20. The van der Waals surface area contributed by atoms with Gasteiger partial charge < -0.3 is 25.2 Å². The Kier molecular flexibility index (Phi) is 3.60. The van der Waals surface area contributed by atoms with Gasteiger partial charge in [0.25, 0.3) is 0 Å². The Hall–Kier alpha value is -2.90. The molecule has 0 aromatic heterocycles. The molecule has 0 radical (unpaired) electrons. The van der Waals surface area contributed by atoms with Crippen LogP contribution < -0.4 is 4.74 Å². The van der Waals surface area contributed by atoms with Gasteiger partial charge in [-0.25, -0.2) is 0 Å². The van der Waals surface area contributed by atoms with E-state index >= 15 is 0 Å². The van der Waals surface area contributed by atoms with E-state index in [0.29, 0.717) is 5.56 Å². The average molecular weight is 370 g/mol. The normalized spacial score (nSPS) is 23.5. The van der Waals surface area contributed by atoms with Crippen molar-refractivity contribution in [1.82, 2.24) is 0 Å². The van der Waals surface area contributed by atoms with Crippen molar-refractivity contribution in [2.45, 2.75) is 31.5 Å². The Morgan fingerprint density at radius 2 is 1.74 bits per heavy atom. The third-order valence-electron chi connectivity index (χ3n) is 5.23. The SMILES string of the molecule is COc1cc(O)c2c(c1)C(=O)c1cc3c(c(O)c1C2=O)[C@H](O)C[C@](C)(O)C3. The minimum absolute atomic E-state index is 0.00643. The number of fused-ring (bicyclic) bond motifs is 3. The number of aromatic hydroxyl groups is 2. The van der Waals surface area contributed by atoms with Gasteiger partial charge in [-0.05, 0) is 24.6 Å². The second-order valence-electron chi connectivity index (χ2n) is 7.34. The molecule has 2 atom stereocenters. The van der Waals surface area contributed by atoms with Gasteiger partial charge in [0.05, 0.1) is 29.9 Å². The van der Waals surface area contributed by atoms with Crippen LogP contribution in [0.5, 0.6) is 17.2 Å². The summed E-state index contributed by atoms with van der Waals surface area (Å²) in [7, 11) is 1.37. The molecule has 0 bridgehead atoms. The zero-order chi connectivity index (χ0) is 19.7. The minimum Gasteiger partial charge on any atom is -0.507 e. The van der Waals surface area contributed by atoms with Crippen LogP contribution in [0.3, 0.4) is 0 Å². The quantitative estimate of drug-likeness (QED) is 0.513. The summed E-state index contributed by atoms with van der Waals surface area (Å²) in [4.78, 5) is 26.0. The van der Waals surface area contributed by atoms with Crippen LogP contribution in [0.2, 0.25) is 0 Å². The average Bonchev–Trinajstić information content (AvgIpc) is 2.56. The summed E-state index contributed by atoms with van der Waals surface area (Å²) in [5.41, 5.74) is -1.15. The number of carbonyl (C=O) groups is 2. The Morgan fingerprint density at radius 3 is 2.41 bits per heavy atom. The summed E-state index contributed by atoms with van der Waals surface area (Å²) < 4.78 is 5.05. The maximum atomic E-state index is 13.0. The van der Waals surface area contributed by atoms with Gasteiger partial charge in [-0.1, -0.05) is 0 Å². The van der Waals surface area contributed by atoms with Crippen LogP contribution in [0.15, 0.2) is 18.2 Å². The molecular weight excluding hydrogens is 352 g/mol. The highest BCUT2D eigenvalue weighted by atomic mass is 16.5. The molecule has 7 heteroatoms. The predicted octanol–water partition coefficient (Wildman–Crippen LogP) is 1.61. The van der Waals surface area contributed by atoms with E-state index in [1.807, 2.05) is 0 Å². The predicted molar refractivity (Wildman–Crippen MR) is 93.5 cm³/mol. The highest BCUT2D eigenvalue weighted by Gasteiger charge is 2.41. The van der Waals surface area contributed by atoms with E-state index in [4.69, 9.17) is 4.74 Å². The zero-order valence-electron chi connectivity index (χ0n) is 14.7. The molecule has 2 aliphatic carbocycles. The number of ketones is 2. The molecule has 140 valence electrons. The topological polar surface area (TPSA) is 124 Å². The molecule has 0 saturated heterocycles. The van der Waals surface area contributed by atoms with E-state index < -0.39 is 34.8 Å². The third-order valence-corrected chi connectivity index (χ3v) is 5.23. The molecule has 0 saturated carbocycles. The maximum absolute atomic E-state index is 13.0. The van der Waals surface area contributed by atoms with Crippen molar-refractivity contribution in [2.24, 2.45) is 0 Å². The van der Waals surface area contributed by atoms with E-state index in [1.54, 1.807) is 6.92 Å². The molecular formula is C20H18O7. The molecule has 0 amide bonds. The molecule has 0 spiro atoms. The fourth-order valence-corrected chi connectivity index (χ4v) is 4.07. The van der Waals surface area contributed by atoms with Crippen molar-refractivity contribution in [2.75, 3.05) is 7.11 Å². The Labute approximate surface area is 154 Å². The number of hydrogen-bond acceptors (Lipinski definition) is 7. The highest BCUT2D eigenvalue weighted by molar-refractivity contribution is 6.30. The summed E-state index contributed by atoms with van der Waals surface area (Å²) in [6, 6.07) is 4.01. The lowest BCUT2D eigenvalue weighted by molar-refractivity contribution is -0.00831. The van der Waals surface area contributed by atoms with E-state index in [9.17, 15) is 30.0 Å². The fraction of sp³-hybridized carbons (Fsp3) is 0.300. The lowest BCUT2D eigenvalue weighted by atomic mass is 9.74. The van der Waals surface area contributed by atoms with E-state index in [0.717, 1.165) is 0 Å². The van der Waals surface area contributed by atoms with Crippen LogP contribution in [0.25, 0.3) is 0 Å². The van der Waals surface area contributed by atoms with E-state index in [1.165, 1.54) is 25.3 Å². The second kappa shape index (κ2) is 5.55. The van der Waals surface area contributed by atoms with Crippen LogP contribution in [-0.4, -0.2) is 44.7 Å². The first-order valence-corrected chi connectivity index (χ1v) is 8.44. The number of aliphatic hydroxyl groups is 2. The third kappa shape index (κ3) is 2.43.